The summed E-state index contributed by atoms with van der Waals surface area (Å²) in [6, 6.07) is 6.06. The molecule has 1 aromatic rings. The SMILES string of the molecule is O=C(Cc1ccc(F)cc1)NCCCN1CCNCC1. The number of nitrogens with zero attached hydrogens (tertiary/aromatic N) is 1. The van der Waals surface area contributed by atoms with Crippen molar-refractivity contribution in [3.63, 3.8) is 0 Å². The molecule has 1 aliphatic heterocycles. The normalized spacial score (nSPS) is 16.1. The number of hydrogen-bond acceptors (Lipinski definition) is 3. The average molecular weight is 279 g/mol. The largest absolute Gasteiger partial charge is 0.356 e. The van der Waals surface area contributed by atoms with Crippen LogP contribution in [0, 0.1) is 5.82 Å². The van der Waals surface area contributed by atoms with Gasteiger partial charge in [0.15, 0.2) is 0 Å². The van der Waals surface area contributed by atoms with E-state index in [1.54, 1.807) is 12.1 Å². The van der Waals surface area contributed by atoms with Crippen molar-refractivity contribution in [2.24, 2.45) is 0 Å². The van der Waals surface area contributed by atoms with Crippen LogP contribution in [0.4, 0.5) is 4.39 Å². The maximum atomic E-state index is 12.7. The van der Waals surface area contributed by atoms with Gasteiger partial charge in [-0.05, 0) is 30.7 Å². The molecule has 0 aliphatic carbocycles. The van der Waals surface area contributed by atoms with Gasteiger partial charge in [-0.1, -0.05) is 12.1 Å². The van der Waals surface area contributed by atoms with E-state index in [4.69, 9.17) is 0 Å². The first-order valence-electron chi connectivity index (χ1n) is 7.18. The van der Waals surface area contributed by atoms with E-state index in [1.807, 2.05) is 0 Å². The topological polar surface area (TPSA) is 44.4 Å². The quantitative estimate of drug-likeness (QED) is 0.756. The molecule has 2 rings (SSSR count). The summed E-state index contributed by atoms with van der Waals surface area (Å²) in [5.41, 5.74) is 0.839. The molecule has 0 spiro atoms. The van der Waals surface area contributed by atoms with E-state index in [0.29, 0.717) is 13.0 Å². The van der Waals surface area contributed by atoms with Crippen LogP contribution in [-0.2, 0) is 11.2 Å². The number of amides is 1. The molecule has 1 aromatic carbocycles. The minimum atomic E-state index is -0.273. The van der Waals surface area contributed by atoms with Gasteiger partial charge in [0.25, 0.3) is 0 Å². The maximum Gasteiger partial charge on any atom is 0.224 e. The molecule has 1 saturated heterocycles. The van der Waals surface area contributed by atoms with E-state index < -0.39 is 0 Å². The molecule has 0 atom stereocenters. The van der Waals surface area contributed by atoms with E-state index in [-0.39, 0.29) is 11.7 Å². The van der Waals surface area contributed by atoms with Gasteiger partial charge in [0.2, 0.25) is 5.91 Å². The monoisotopic (exact) mass is 279 g/mol. The lowest BCUT2D eigenvalue weighted by molar-refractivity contribution is -0.120. The average Bonchev–Trinajstić information content (AvgIpc) is 2.47. The summed E-state index contributed by atoms with van der Waals surface area (Å²) in [6.07, 6.45) is 1.28. The lowest BCUT2D eigenvalue weighted by Crippen LogP contribution is -2.44. The van der Waals surface area contributed by atoms with Crippen molar-refractivity contribution in [3.05, 3.63) is 35.6 Å². The summed E-state index contributed by atoms with van der Waals surface area (Å²) in [5, 5.41) is 6.23. The number of rotatable bonds is 6. The molecule has 5 heteroatoms. The Balaban J connectivity index is 1.59. The zero-order valence-electron chi connectivity index (χ0n) is 11.7. The van der Waals surface area contributed by atoms with Crippen LogP contribution in [0.3, 0.4) is 0 Å². The summed E-state index contributed by atoms with van der Waals surface area (Å²) in [6.45, 7) is 6.00. The van der Waals surface area contributed by atoms with Crippen molar-refractivity contribution in [3.8, 4) is 0 Å². The number of carbonyl (C=O) groups excluding carboxylic acids is 1. The second kappa shape index (κ2) is 7.97. The fourth-order valence-corrected chi connectivity index (χ4v) is 2.32. The molecule has 1 heterocycles. The Labute approximate surface area is 119 Å². The van der Waals surface area contributed by atoms with Gasteiger partial charge in [0.05, 0.1) is 6.42 Å². The third-order valence-electron chi connectivity index (χ3n) is 3.46. The van der Waals surface area contributed by atoms with Crippen molar-refractivity contribution in [2.45, 2.75) is 12.8 Å². The van der Waals surface area contributed by atoms with Crippen LogP contribution in [0.25, 0.3) is 0 Å². The van der Waals surface area contributed by atoms with Gasteiger partial charge in [-0.15, -0.1) is 0 Å². The summed E-state index contributed by atoms with van der Waals surface area (Å²) >= 11 is 0. The van der Waals surface area contributed by atoms with Gasteiger partial charge < -0.3 is 15.5 Å². The van der Waals surface area contributed by atoms with Crippen molar-refractivity contribution in [1.29, 1.82) is 0 Å². The molecule has 0 saturated carbocycles. The third kappa shape index (κ3) is 5.27. The molecule has 0 aromatic heterocycles. The zero-order valence-corrected chi connectivity index (χ0v) is 11.7. The van der Waals surface area contributed by atoms with Gasteiger partial charge >= 0.3 is 0 Å². The lowest BCUT2D eigenvalue weighted by atomic mass is 10.1. The van der Waals surface area contributed by atoms with Crippen LogP contribution < -0.4 is 10.6 Å². The van der Waals surface area contributed by atoms with E-state index in [2.05, 4.69) is 15.5 Å². The molecule has 20 heavy (non-hydrogen) atoms. The number of halogens is 1. The van der Waals surface area contributed by atoms with E-state index in [1.165, 1.54) is 12.1 Å². The molecule has 1 aliphatic rings. The van der Waals surface area contributed by atoms with Crippen molar-refractivity contribution in [2.75, 3.05) is 39.3 Å². The smallest absolute Gasteiger partial charge is 0.224 e. The van der Waals surface area contributed by atoms with Crippen LogP contribution in [0.5, 0.6) is 0 Å². The van der Waals surface area contributed by atoms with E-state index in [0.717, 1.165) is 44.7 Å². The molecule has 110 valence electrons. The number of piperazine rings is 1. The Morgan fingerprint density at radius 2 is 1.95 bits per heavy atom. The summed E-state index contributed by atoms with van der Waals surface area (Å²) < 4.78 is 12.7. The highest BCUT2D eigenvalue weighted by Gasteiger charge is 2.08. The predicted molar refractivity (Wildman–Crippen MR) is 77.0 cm³/mol. The Kier molecular flexibility index (Phi) is 5.95. The van der Waals surface area contributed by atoms with Gasteiger partial charge in [-0.2, -0.15) is 0 Å². The second-order valence-corrected chi connectivity index (χ2v) is 5.10. The Bertz CT molecular complexity index is 416. The maximum absolute atomic E-state index is 12.7. The Morgan fingerprint density at radius 1 is 1.25 bits per heavy atom. The summed E-state index contributed by atoms with van der Waals surface area (Å²) in [5.74, 6) is -0.276. The highest BCUT2D eigenvalue weighted by molar-refractivity contribution is 5.78. The zero-order chi connectivity index (χ0) is 14.2. The molecule has 0 bridgehead atoms. The number of carbonyl (C=O) groups is 1. The fourth-order valence-electron chi connectivity index (χ4n) is 2.32. The second-order valence-electron chi connectivity index (χ2n) is 5.10. The van der Waals surface area contributed by atoms with Gasteiger partial charge in [0, 0.05) is 32.7 Å². The third-order valence-corrected chi connectivity index (χ3v) is 3.46. The predicted octanol–water partition coefficient (Wildman–Crippen LogP) is 0.780. The molecule has 0 unspecified atom stereocenters. The van der Waals surface area contributed by atoms with Crippen LogP contribution in [-0.4, -0.2) is 50.1 Å². The standard InChI is InChI=1S/C15H22FN3O/c16-14-4-2-13(3-5-14)12-15(20)18-6-1-9-19-10-7-17-8-11-19/h2-5,17H,1,6-12H2,(H,18,20). The van der Waals surface area contributed by atoms with Crippen LogP contribution >= 0.6 is 0 Å². The van der Waals surface area contributed by atoms with Gasteiger partial charge in [0.1, 0.15) is 5.82 Å². The molecule has 2 N–H and O–H groups in total. The van der Waals surface area contributed by atoms with Crippen LogP contribution in [0.1, 0.15) is 12.0 Å². The van der Waals surface area contributed by atoms with Crippen LogP contribution in [0.15, 0.2) is 24.3 Å². The Morgan fingerprint density at radius 3 is 2.65 bits per heavy atom. The number of nitrogens with one attached hydrogen (secondary N) is 2. The van der Waals surface area contributed by atoms with E-state index >= 15 is 0 Å². The highest BCUT2D eigenvalue weighted by atomic mass is 19.1. The molecule has 4 nitrogen and oxygen atoms in total. The number of benzene rings is 1. The van der Waals surface area contributed by atoms with Crippen molar-refractivity contribution < 1.29 is 9.18 Å². The fraction of sp³-hybridized carbons (Fsp3) is 0.533. The minimum Gasteiger partial charge on any atom is -0.356 e. The first-order valence-corrected chi connectivity index (χ1v) is 7.18. The van der Waals surface area contributed by atoms with Gasteiger partial charge in [-0.3, -0.25) is 4.79 Å². The number of hydrogen-bond donors (Lipinski definition) is 2. The minimum absolute atomic E-state index is 0.00285. The van der Waals surface area contributed by atoms with E-state index in [9.17, 15) is 9.18 Å². The van der Waals surface area contributed by atoms with Crippen molar-refractivity contribution >= 4 is 5.91 Å². The van der Waals surface area contributed by atoms with Gasteiger partial charge in [-0.25, -0.2) is 4.39 Å². The first-order chi connectivity index (χ1) is 9.74. The summed E-state index contributed by atoms with van der Waals surface area (Å²) in [4.78, 5) is 14.1. The van der Waals surface area contributed by atoms with Crippen molar-refractivity contribution in [1.82, 2.24) is 15.5 Å². The molecule has 1 fully saturated rings. The van der Waals surface area contributed by atoms with Crippen LogP contribution in [0.2, 0.25) is 0 Å². The molecular formula is C15H22FN3O. The Hall–Kier alpha value is -1.46. The lowest BCUT2D eigenvalue weighted by Gasteiger charge is -2.27. The first kappa shape index (κ1) is 14.9. The molecule has 0 radical (unpaired) electrons. The summed E-state index contributed by atoms with van der Waals surface area (Å²) in [7, 11) is 0. The molecular weight excluding hydrogens is 257 g/mol. The molecule has 1 amide bonds. The highest BCUT2D eigenvalue weighted by Crippen LogP contribution is 2.03.